The van der Waals surface area contributed by atoms with Gasteiger partial charge in [0.1, 0.15) is 16.9 Å². The molecule has 15 heteroatoms. The van der Waals surface area contributed by atoms with Crippen LogP contribution >= 0.6 is 11.9 Å². The van der Waals surface area contributed by atoms with Gasteiger partial charge in [-0.25, -0.2) is 18.9 Å². The molecule has 1 aliphatic heterocycles. The van der Waals surface area contributed by atoms with Crippen LogP contribution in [0.1, 0.15) is 60.7 Å². The first kappa shape index (κ1) is 38.8. The molecule has 0 saturated carbocycles. The first-order valence-electron chi connectivity index (χ1n) is 18.4. The molecule has 292 valence electrons. The van der Waals surface area contributed by atoms with Crippen LogP contribution in [0.4, 0.5) is 13.2 Å². The minimum Gasteiger partial charge on any atom is -0.480 e. The number of carbonyl (C=O) groups is 1. The molecule has 1 atom stereocenters. The maximum Gasteiger partial charge on any atom is 0.416 e. The molecule has 4 heterocycles. The van der Waals surface area contributed by atoms with E-state index in [9.17, 15) is 37.5 Å². The summed E-state index contributed by atoms with van der Waals surface area (Å²) in [5.74, 6) is -0.483. The van der Waals surface area contributed by atoms with Gasteiger partial charge in [-0.1, -0.05) is 73.9 Å². The number of benzene rings is 3. The molecule has 0 amide bonds. The summed E-state index contributed by atoms with van der Waals surface area (Å²) in [4.78, 5) is 56.2. The Balaban J connectivity index is 1.11. The Labute approximate surface area is 323 Å². The van der Waals surface area contributed by atoms with Crippen LogP contribution in [-0.4, -0.2) is 51.7 Å². The van der Waals surface area contributed by atoms with Gasteiger partial charge in [0, 0.05) is 52.3 Å². The predicted octanol–water partition coefficient (Wildman–Crippen LogP) is 6.70. The Morgan fingerprint density at radius 1 is 0.857 bits per heavy atom. The van der Waals surface area contributed by atoms with Crippen molar-refractivity contribution in [1.29, 1.82) is 0 Å². The lowest BCUT2D eigenvalue weighted by Gasteiger charge is -2.35. The first-order chi connectivity index (χ1) is 26.7. The summed E-state index contributed by atoms with van der Waals surface area (Å²) < 4.78 is 49.4. The van der Waals surface area contributed by atoms with E-state index in [0.29, 0.717) is 46.1 Å². The van der Waals surface area contributed by atoms with E-state index in [1.807, 2.05) is 46.8 Å². The molecule has 0 fully saturated rings. The summed E-state index contributed by atoms with van der Waals surface area (Å²) >= 11 is 1.22. The zero-order valence-corrected chi connectivity index (χ0v) is 32.0. The maximum absolute atomic E-state index is 14.0. The van der Waals surface area contributed by atoms with Crippen molar-refractivity contribution in [2.24, 2.45) is 21.1 Å². The number of carboxylic acids is 1. The number of hydrogen-bond acceptors (Lipinski definition) is 7. The van der Waals surface area contributed by atoms with Crippen molar-refractivity contribution in [1.82, 2.24) is 27.6 Å². The Hall–Kier alpha value is -5.41. The predicted molar refractivity (Wildman–Crippen MR) is 210 cm³/mol. The van der Waals surface area contributed by atoms with E-state index in [4.69, 9.17) is 0 Å². The van der Waals surface area contributed by atoms with Crippen LogP contribution in [0.15, 0.2) is 92.2 Å². The normalized spacial score (nSPS) is 14.8. The van der Waals surface area contributed by atoms with Crippen LogP contribution in [0, 0.1) is 0 Å². The van der Waals surface area contributed by atoms with Crippen molar-refractivity contribution < 1.29 is 23.1 Å². The van der Waals surface area contributed by atoms with Crippen molar-refractivity contribution in [2.75, 3.05) is 13.1 Å². The molecular weight excluding hydrogens is 746 g/mol. The summed E-state index contributed by atoms with van der Waals surface area (Å²) in [6, 6.07) is 18.7. The second kappa shape index (κ2) is 15.6. The summed E-state index contributed by atoms with van der Waals surface area (Å²) in [6.45, 7) is 0.548. The molecule has 3 aromatic heterocycles. The van der Waals surface area contributed by atoms with E-state index in [2.05, 4.69) is 4.98 Å². The second-order valence-electron chi connectivity index (χ2n) is 14.3. The third-order valence-electron chi connectivity index (χ3n) is 10.6. The molecule has 0 saturated heterocycles. The molecule has 1 unspecified atom stereocenters. The number of halogens is 3. The van der Waals surface area contributed by atoms with E-state index in [0.717, 1.165) is 65.1 Å². The average molecular weight is 787 g/mol. The van der Waals surface area contributed by atoms with Crippen molar-refractivity contribution in [3.63, 3.8) is 0 Å². The number of pyridine rings is 1. The van der Waals surface area contributed by atoms with E-state index >= 15 is 0 Å². The van der Waals surface area contributed by atoms with E-state index < -0.39 is 35.0 Å². The highest BCUT2D eigenvalue weighted by Gasteiger charge is 2.36. The zero-order chi connectivity index (χ0) is 39.9. The second-order valence-corrected chi connectivity index (χ2v) is 15.4. The smallest absolute Gasteiger partial charge is 0.416 e. The zero-order valence-electron chi connectivity index (χ0n) is 31.2. The quantitative estimate of drug-likeness (QED) is 0.107. The fraction of sp³-hybridized carbons (Fsp3) is 0.341. The number of aromatic nitrogens is 5. The number of rotatable bonds is 12. The Morgan fingerprint density at radius 2 is 1.57 bits per heavy atom. The third-order valence-corrected chi connectivity index (χ3v) is 11.8. The highest BCUT2D eigenvalue weighted by Crippen LogP contribution is 2.42. The van der Waals surface area contributed by atoms with E-state index in [1.165, 1.54) is 40.3 Å². The van der Waals surface area contributed by atoms with Crippen molar-refractivity contribution in [3.05, 3.63) is 127 Å². The number of unbranched alkanes of at least 4 members (excludes halogenated alkanes) is 4. The number of aliphatic carboxylic acids is 1. The van der Waals surface area contributed by atoms with Crippen molar-refractivity contribution in [2.45, 2.75) is 62.2 Å². The summed E-state index contributed by atoms with van der Waals surface area (Å²) in [5, 5.41) is 12.6. The third kappa shape index (κ3) is 7.44. The summed E-state index contributed by atoms with van der Waals surface area (Å²) in [5.41, 5.74) is 0.614. The monoisotopic (exact) mass is 786 g/mol. The topological polar surface area (TPSA) is 124 Å². The number of aryl methyl sites for hydroxylation is 3. The molecule has 11 nitrogen and oxygen atoms in total. The molecule has 1 N–H and O–H groups in total. The van der Waals surface area contributed by atoms with Gasteiger partial charge >= 0.3 is 17.8 Å². The van der Waals surface area contributed by atoms with Gasteiger partial charge in [-0.2, -0.15) is 13.2 Å². The number of alkyl halides is 3. The Kier molecular flexibility index (Phi) is 10.8. The van der Waals surface area contributed by atoms with Crippen LogP contribution in [0.2, 0.25) is 0 Å². The molecule has 0 radical (unpaired) electrons. The van der Waals surface area contributed by atoms with Gasteiger partial charge in [0.15, 0.2) is 11.2 Å². The Bertz CT molecular complexity index is 2660. The van der Waals surface area contributed by atoms with Gasteiger partial charge < -0.3 is 9.67 Å². The molecule has 1 aliphatic rings. The molecular formula is C41H41F3N6O5S. The lowest BCUT2D eigenvalue weighted by atomic mass is 9.93. The molecule has 0 spiro atoms. The lowest BCUT2D eigenvalue weighted by molar-refractivity contribution is -0.141. The minimum atomic E-state index is -4.61. The largest absolute Gasteiger partial charge is 0.480 e. The van der Waals surface area contributed by atoms with Gasteiger partial charge in [-0.15, -0.1) is 0 Å². The van der Waals surface area contributed by atoms with Crippen molar-refractivity contribution >= 4 is 39.9 Å². The maximum atomic E-state index is 14.0. The molecule has 56 heavy (non-hydrogen) atoms. The van der Waals surface area contributed by atoms with E-state index in [1.54, 1.807) is 24.7 Å². The Morgan fingerprint density at radius 3 is 2.34 bits per heavy atom. The van der Waals surface area contributed by atoms with Crippen LogP contribution in [0.25, 0.3) is 33.1 Å². The number of fused-ring (bicyclic) bond motifs is 3. The summed E-state index contributed by atoms with van der Waals surface area (Å²) in [7, 11) is 4.81. The molecule has 0 aliphatic carbocycles. The van der Waals surface area contributed by atoms with Gasteiger partial charge in [0.2, 0.25) is 0 Å². The minimum absolute atomic E-state index is 0.0479. The fourth-order valence-corrected chi connectivity index (χ4v) is 8.96. The molecule has 7 rings (SSSR count). The standard InChI is InChI=1S/C41H41F3N6O5S/c1-46-32(45-36-35(46)37(52)48(3)40(55)47(36)2)19-7-5-4-6-10-20-49-24-31(39(53)54)50-33(51)23-28(21-26-15-11-14-25-13-8-9-18-30(25)26)34(38(50)56-49)27-16-12-17-29(22-27)41(42,43)44/h8-9,11-18,22-23,31H,4-7,10,19-21,24H2,1-3H3,(H,53,54). The van der Waals surface area contributed by atoms with Crippen LogP contribution < -0.4 is 16.8 Å². The highest BCUT2D eigenvalue weighted by molar-refractivity contribution is 7.97. The summed E-state index contributed by atoms with van der Waals surface area (Å²) in [6.07, 6.45) is 0.383. The van der Waals surface area contributed by atoms with Gasteiger partial charge in [0.25, 0.3) is 11.1 Å². The average Bonchev–Trinajstić information content (AvgIpc) is 3.51. The number of imidazole rings is 1. The lowest BCUT2D eigenvalue weighted by Crippen LogP contribution is -2.42. The molecule has 6 aromatic rings. The number of hydrogen-bond donors (Lipinski definition) is 1. The van der Waals surface area contributed by atoms with Gasteiger partial charge in [-0.3, -0.25) is 23.3 Å². The van der Waals surface area contributed by atoms with Crippen molar-refractivity contribution in [3.8, 4) is 11.1 Å². The molecule has 0 bridgehead atoms. The molecule has 3 aromatic carbocycles. The van der Waals surface area contributed by atoms with Gasteiger partial charge in [-0.05, 0) is 70.8 Å². The van der Waals surface area contributed by atoms with Crippen LogP contribution in [0.3, 0.4) is 0 Å². The number of nitrogens with zero attached hydrogens (tertiary/aromatic N) is 6. The highest BCUT2D eigenvalue weighted by atomic mass is 32.2. The first-order valence-corrected chi connectivity index (χ1v) is 19.2. The number of carboxylic acid groups (broad SMARTS) is 1. The van der Waals surface area contributed by atoms with Crippen LogP contribution in [-0.2, 0) is 45.0 Å². The van der Waals surface area contributed by atoms with Crippen LogP contribution in [0.5, 0.6) is 0 Å². The van der Waals surface area contributed by atoms with E-state index in [-0.39, 0.29) is 24.1 Å². The van der Waals surface area contributed by atoms with Gasteiger partial charge in [0.05, 0.1) is 5.56 Å². The SMILES string of the molecule is Cn1c(=O)c2c(nc(CCCCCCCN3CC(C(=O)O)n4c(c(-c5cccc(C(F)(F)F)c5)c(Cc5cccc6ccccc56)cc4=O)S3)n2C)n(C)c1=O. The fourth-order valence-electron chi connectivity index (χ4n) is 7.63.